The van der Waals surface area contributed by atoms with Crippen LogP contribution in [0.25, 0.3) is 6.08 Å². The van der Waals surface area contributed by atoms with E-state index >= 15 is 0 Å². The number of methoxy groups -OCH3 is 1. The highest BCUT2D eigenvalue weighted by Gasteiger charge is 2.36. The van der Waals surface area contributed by atoms with E-state index in [1.54, 1.807) is 0 Å². The molecule has 0 radical (unpaired) electrons. The van der Waals surface area contributed by atoms with Crippen LogP contribution in [-0.2, 0) is 20.6 Å². The summed E-state index contributed by atoms with van der Waals surface area (Å²) < 4.78 is 48.9. The summed E-state index contributed by atoms with van der Waals surface area (Å²) in [5.41, 5.74) is 1.26. The zero-order valence-corrected chi connectivity index (χ0v) is 15.7. The highest BCUT2D eigenvalue weighted by molar-refractivity contribution is 6.31. The zero-order chi connectivity index (χ0) is 22.1. The van der Waals surface area contributed by atoms with E-state index in [9.17, 15) is 27.6 Å². The number of hydrogen-bond acceptors (Lipinski definition) is 5. The number of carbonyl (C=O) groups excluding carboxylic acids is 3. The van der Waals surface area contributed by atoms with Gasteiger partial charge in [0, 0.05) is 6.92 Å². The van der Waals surface area contributed by atoms with Gasteiger partial charge in [-0.3, -0.25) is 19.8 Å². The van der Waals surface area contributed by atoms with E-state index in [-0.39, 0.29) is 22.8 Å². The van der Waals surface area contributed by atoms with Crippen LogP contribution >= 0.6 is 0 Å². The molecule has 0 spiro atoms. The lowest BCUT2D eigenvalue weighted by atomic mass is 10.1. The third-order valence-electron chi connectivity index (χ3n) is 4.08. The predicted octanol–water partition coefficient (Wildman–Crippen LogP) is 3.10. The average Bonchev–Trinajstić information content (AvgIpc) is 2.96. The molecular weight excluding hydrogens is 405 g/mol. The van der Waals surface area contributed by atoms with E-state index in [1.165, 1.54) is 44.4 Å². The largest absolute Gasteiger partial charge is 0.493 e. The van der Waals surface area contributed by atoms with Crippen LogP contribution in [0.3, 0.4) is 0 Å². The summed E-state index contributed by atoms with van der Waals surface area (Å²) in [5, 5.41) is 0.744. The number of carbonyl (C=O) groups is 3. The van der Waals surface area contributed by atoms with Crippen molar-refractivity contribution >= 4 is 29.5 Å². The summed E-state index contributed by atoms with van der Waals surface area (Å²) in [6.07, 6.45) is -3.34. The fourth-order valence-corrected chi connectivity index (χ4v) is 2.74. The summed E-state index contributed by atoms with van der Waals surface area (Å²) in [5.74, 6) is -1.80. The van der Waals surface area contributed by atoms with Gasteiger partial charge in [-0.25, -0.2) is 5.01 Å². The molecule has 0 atom stereocenters. The fourth-order valence-electron chi connectivity index (χ4n) is 2.74. The SMILES string of the molecule is COc1cc(/C=C2\C(=O)NN(c3cccc(C(F)(F)F)c3)C2=O)ccc1OC(C)=O. The minimum absolute atomic E-state index is 0.130. The maximum Gasteiger partial charge on any atom is 0.416 e. The van der Waals surface area contributed by atoms with E-state index in [4.69, 9.17) is 9.47 Å². The number of halogens is 3. The molecule has 1 heterocycles. The molecule has 30 heavy (non-hydrogen) atoms. The van der Waals surface area contributed by atoms with E-state index in [2.05, 4.69) is 5.43 Å². The number of nitrogens with zero attached hydrogens (tertiary/aromatic N) is 1. The Balaban J connectivity index is 1.92. The monoisotopic (exact) mass is 420 g/mol. The number of anilines is 1. The Bertz CT molecular complexity index is 1060. The minimum atomic E-state index is -4.60. The normalized spacial score (nSPS) is 15.4. The number of alkyl halides is 3. The smallest absolute Gasteiger partial charge is 0.416 e. The van der Waals surface area contributed by atoms with E-state index in [1.807, 2.05) is 0 Å². The fraction of sp³-hybridized carbons (Fsp3) is 0.150. The molecule has 0 aliphatic carbocycles. The van der Waals surface area contributed by atoms with Crippen molar-refractivity contribution in [2.24, 2.45) is 0 Å². The van der Waals surface area contributed by atoms with E-state index < -0.39 is 29.5 Å². The minimum Gasteiger partial charge on any atom is -0.493 e. The first-order valence-corrected chi connectivity index (χ1v) is 8.51. The van der Waals surface area contributed by atoms with Crippen LogP contribution in [0.2, 0.25) is 0 Å². The van der Waals surface area contributed by atoms with Crippen molar-refractivity contribution in [1.29, 1.82) is 0 Å². The Labute approximate surface area is 168 Å². The first-order chi connectivity index (χ1) is 14.1. The molecule has 10 heteroatoms. The summed E-state index contributed by atoms with van der Waals surface area (Å²) in [6, 6.07) is 8.39. The maximum absolute atomic E-state index is 12.9. The van der Waals surface area contributed by atoms with E-state index in [0.717, 1.165) is 23.2 Å². The lowest BCUT2D eigenvalue weighted by Gasteiger charge is -2.16. The lowest BCUT2D eigenvalue weighted by molar-refractivity contribution is -0.137. The van der Waals surface area contributed by atoms with Crippen molar-refractivity contribution in [2.75, 3.05) is 12.1 Å². The average molecular weight is 420 g/mol. The van der Waals surface area contributed by atoms with Gasteiger partial charge in [-0.05, 0) is 42.0 Å². The number of benzene rings is 2. The molecular formula is C20H15F3N2O5. The molecule has 1 aliphatic rings. The summed E-state index contributed by atoms with van der Waals surface area (Å²) >= 11 is 0. The van der Waals surface area contributed by atoms with Gasteiger partial charge < -0.3 is 9.47 Å². The molecule has 2 aromatic rings. The number of hydrazine groups is 1. The van der Waals surface area contributed by atoms with Gasteiger partial charge in [0.2, 0.25) is 0 Å². The number of nitrogens with one attached hydrogen (secondary N) is 1. The molecule has 0 aromatic heterocycles. The topological polar surface area (TPSA) is 84.9 Å². The van der Waals surface area contributed by atoms with Crippen LogP contribution in [0, 0.1) is 0 Å². The molecule has 156 valence electrons. The molecule has 7 nitrogen and oxygen atoms in total. The van der Waals surface area contributed by atoms with Crippen LogP contribution in [0.5, 0.6) is 11.5 Å². The van der Waals surface area contributed by atoms with Crippen molar-refractivity contribution in [2.45, 2.75) is 13.1 Å². The van der Waals surface area contributed by atoms with Crippen LogP contribution < -0.4 is 19.9 Å². The summed E-state index contributed by atoms with van der Waals surface area (Å²) in [6.45, 7) is 1.22. The standard InChI is InChI=1S/C20H15F3N2O5/c1-11(26)30-16-7-6-12(9-17(16)29-2)8-15-18(27)24-25(19(15)28)14-5-3-4-13(10-14)20(21,22)23/h3-10H,1-2H3,(H,24,27)/b15-8+. The van der Waals surface area contributed by atoms with Crippen molar-refractivity contribution < 1.29 is 37.0 Å². The van der Waals surface area contributed by atoms with Crippen LogP contribution in [0.4, 0.5) is 18.9 Å². The molecule has 1 fully saturated rings. The number of esters is 1. The van der Waals surface area contributed by atoms with Gasteiger partial charge in [0.15, 0.2) is 11.5 Å². The van der Waals surface area contributed by atoms with Gasteiger partial charge in [0.1, 0.15) is 5.57 Å². The highest BCUT2D eigenvalue weighted by Crippen LogP contribution is 2.33. The Morgan fingerprint density at radius 2 is 1.83 bits per heavy atom. The third-order valence-corrected chi connectivity index (χ3v) is 4.08. The van der Waals surface area contributed by atoms with Gasteiger partial charge in [-0.15, -0.1) is 0 Å². The van der Waals surface area contributed by atoms with Crippen molar-refractivity contribution in [3.63, 3.8) is 0 Å². The van der Waals surface area contributed by atoms with Crippen LogP contribution in [-0.4, -0.2) is 24.9 Å². The van der Waals surface area contributed by atoms with Gasteiger partial charge >= 0.3 is 12.1 Å². The number of rotatable bonds is 4. The molecule has 2 amide bonds. The Hall–Kier alpha value is -3.82. The quantitative estimate of drug-likeness (QED) is 0.356. The second kappa shape index (κ2) is 7.90. The van der Waals surface area contributed by atoms with Crippen molar-refractivity contribution in [1.82, 2.24) is 5.43 Å². The molecule has 1 aliphatic heterocycles. The van der Waals surface area contributed by atoms with Crippen molar-refractivity contribution in [3.8, 4) is 11.5 Å². The van der Waals surface area contributed by atoms with Gasteiger partial charge in [0.25, 0.3) is 11.8 Å². The number of ether oxygens (including phenoxy) is 2. The molecule has 0 bridgehead atoms. The van der Waals surface area contributed by atoms with Gasteiger partial charge in [-0.2, -0.15) is 13.2 Å². The maximum atomic E-state index is 12.9. The van der Waals surface area contributed by atoms with Crippen LogP contribution in [0.15, 0.2) is 48.0 Å². The first kappa shape index (κ1) is 20.9. The second-order valence-electron chi connectivity index (χ2n) is 6.19. The Morgan fingerprint density at radius 1 is 1.10 bits per heavy atom. The summed E-state index contributed by atoms with van der Waals surface area (Å²) in [4.78, 5) is 36.0. The lowest BCUT2D eigenvalue weighted by Crippen LogP contribution is -2.35. The molecule has 2 aromatic carbocycles. The number of amides is 2. The molecule has 3 rings (SSSR count). The predicted molar refractivity (Wildman–Crippen MR) is 99.4 cm³/mol. The third kappa shape index (κ3) is 4.27. The molecule has 1 N–H and O–H groups in total. The van der Waals surface area contributed by atoms with Crippen molar-refractivity contribution in [3.05, 3.63) is 59.2 Å². The second-order valence-corrected chi connectivity index (χ2v) is 6.19. The highest BCUT2D eigenvalue weighted by atomic mass is 19.4. The van der Waals surface area contributed by atoms with Gasteiger partial charge in [-0.1, -0.05) is 12.1 Å². The Morgan fingerprint density at radius 3 is 2.47 bits per heavy atom. The van der Waals surface area contributed by atoms with Crippen LogP contribution in [0.1, 0.15) is 18.1 Å². The molecule has 1 saturated heterocycles. The zero-order valence-electron chi connectivity index (χ0n) is 15.7. The molecule has 0 saturated carbocycles. The number of hydrogen-bond donors (Lipinski definition) is 1. The Kier molecular flexibility index (Phi) is 5.50. The first-order valence-electron chi connectivity index (χ1n) is 8.51. The summed E-state index contributed by atoms with van der Waals surface area (Å²) in [7, 11) is 1.35. The molecule has 0 unspecified atom stereocenters. The van der Waals surface area contributed by atoms with E-state index in [0.29, 0.717) is 5.56 Å². The van der Waals surface area contributed by atoms with Gasteiger partial charge in [0.05, 0.1) is 18.4 Å².